The van der Waals surface area contributed by atoms with Gasteiger partial charge in [0.2, 0.25) is 0 Å². The van der Waals surface area contributed by atoms with Crippen LogP contribution in [0.3, 0.4) is 0 Å². The second-order valence-electron chi connectivity index (χ2n) is 7.09. The van der Waals surface area contributed by atoms with Crippen molar-refractivity contribution in [1.82, 2.24) is 9.80 Å². The molecule has 0 atom stereocenters. The number of rotatable bonds is 4. The first-order valence-electron chi connectivity index (χ1n) is 9.76. The van der Waals surface area contributed by atoms with E-state index in [4.69, 9.17) is 0 Å². The molecule has 0 aliphatic carbocycles. The number of nitrogens with zero attached hydrogens (tertiary/aromatic N) is 2. The lowest BCUT2D eigenvalue weighted by Gasteiger charge is -2.31. The molecule has 2 aromatic rings. The van der Waals surface area contributed by atoms with Gasteiger partial charge in [-0.3, -0.25) is 14.4 Å². The molecule has 0 spiro atoms. The maximum Gasteiger partial charge on any atom is 0.313 e. The lowest BCUT2D eigenvalue weighted by Crippen LogP contribution is -2.50. The number of nitrogens with one attached hydrogen (secondary N) is 2. The van der Waals surface area contributed by atoms with Crippen LogP contribution in [0, 0.1) is 0 Å². The highest BCUT2D eigenvalue weighted by molar-refractivity contribution is 6.39. The zero-order valence-corrected chi connectivity index (χ0v) is 16.8. The van der Waals surface area contributed by atoms with Crippen molar-refractivity contribution in [2.45, 2.75) is 13.3 Å². The Kier molecular flexibility index (Phi) is 6.61. The van der Waals surface area contributed by atoms with Gasteiger partial charge in [0.1, 0.15) is 0 Å². The van der Waals surface area contributed by atoms with Crippen LogP contribution >= 0.6 is 0 Å². The van der Waals surface area contributed by atoms with Gasteiger partial charge in [-0.05, 0) is 49.4 Å². The first-order valence-corrected chi connectivity index (χ1v) is 9.76. The number of hydrogen-bond donors (Lipinski definition) is 2. The highest BCUT2D eigenvalue weighted by Crippen LogP contribution is 2.17. The Morgan fingerprint density at radius 1 is 0.897 bits per heavy atom. The number of anilines is 2. The van der Waals surface area contributed by atoms with Gasteiger partial charge >= 0.3 is 11.8 Å². The molecule has 7 nitrogen and oxygen atoms in total. The van der Waals surface area contributed by atoms with Gasteiger partial charge in [-0.1, -0.05) is 25.1 Å². The van der Waals surface area contributed by atoms with Crippen molar-refractivity contribution in [2.24, 2.45) is 0 Å². The van der Waals surface area contributed by atoms with E-state index < -0.39 is 11.8 Å². The molecule has 1 aliphatic heterocycles. The van der Waals surface area contributed by atoms with E-state index in [1.54, 1.807) is 29.2 Å². The normalized spacial score (nSPS) is 14.3. The molecular formula is C22H26N4O3. The van der Waals surface area contributed by atoms with E-state index >= 15 is 0 Å². The monoisotopic (exact) mass is 394 g/mol. The average molecular weight is 394 g/mol. The Balaban J connectivity index is 1.59. The minimum absolute atomic E-state index is 0.225. The van der Waals surface area contributed by atoms with E-state index in [0.717, 1.165) is 30.8 Å². The summed E-state index contributed by atoms with van der Waals surface area (Å²) in [5.74, 6) is -1.42. The minimum Gasteiger partial charge on any atom is -0.332 e. The van der Waals surface area contributed by atoms with Crippen molar-refractivity contribution in [2.75, 3.05) is 43.9 Å². The van der Waals surface area contributed by atoms with Crippen LogP contribution in [0.4, 0.5) is 11.4 Å². The van der Waals surface area contributed by atoms with Crippen LogP contribution in [0.25, 0.3) is 0 Å². The molecule has 0 unspecified atom stereocenters. The van der Waals surface area contributed by atoms with Crippen LogP contribution in [-0.2, 0) is 16.0 Å². The second kappa shape index (κ2) is 9.34. The molecule has 2 aromatic carbocycles. The van der Waals surface area contributed by atoms with Gasteiger partial charge in [0.15, 0.2) is 0 Å². The number of carbonyl (C=O) groups excluding carboxylic acids is 3. The molecule has 0 radical (unpaired) electrons. The molecular weight excluding hydrogens is 368 g/mol. The van der Waals surface area contributed by atoms with E-state index in [9.17, 15) is 14.4 Å². The highest BCUT2D eigenvalue weighted by atomic mass is 16.2. The Hall–Kier alpha value is -3.19. The molecule has 0 aromatic heterocycles. The third-order valence-electron chi connectivity index (χ3n) is 5.04. The average Bonchev–Trinajstić information content (AvgIpc) is 2.74. The third-order valence-corrected chi connectivity index (χ3v) is 5.04. The van der Waals surface area contributed by atoms with E-state index in [1.165, 1.54) is 0 Å². The number of likely N-dealkylation sites (N-methyl/N-ethyl adjacent to an activating group) is 1. The van der Waals surface area contributed by atoms with Gasteiger partial charge in [0.05, 0.1) is 0 Å². The quantitative estimate of drug-likeness (QED) is 0.779. The minimum atomic E-state index is -0.663. The predicted molar refractivity (Wildman–Crippen MR) is 113 cm³/mol. The molecule has 1 aliphatic rings. The molecule has 0 saturated carbocycles. The first kappa shape index (κ1) is 20.5. The number of carbonyl (C=O) groups is 3. The summed E-state index contributed by atoms with van der Waals surface area (Å²) < 4.78 is 0. The molecule has 152 valence electrons. The van der Waals surface area contributed by atoms with Gasteiger partial charge in [0, 0.05) is 43.1 Å². The zero-order chi connectivity index (χ0) is 20.8. The Bertz CT molecular complexity index is 887. The summed E-state index contributed by atoms with van der Waals surface area (Å²) in [6.45, 7) is 4.63. The summed E-state index contributed by atoms with van der Waals surface area (Å²) >= 11 is 0. The van der Waals surface area contributed by atoms with Crippen LogP contribution in [0.2, 0.25) is 0 Å². The van der Waals surface area contributed by atoms with Crippen molar-refractivity contribution in [3.8, 4) is 0 Å². The Labute approximate surface area is 170 Å². The van der Waals surface area contributed by atoms with Crippen molar-refractivity contribution >= 4 is 29.1 Å². The molecule has 29 heavy (non-hydrogen) atoms. The van der Waals surface area contributed by atoms with Gasteiger partial charge in [0.25, 0.3) is 5.91 Å². The molecule has 1 heterocycles. The fourth-order valence-corrected chi connectivity index (χ4v) is 3.19. The van der Waals surface area contributed by atoms with E-state index in [2.05, 4.69) is 15.5 Å². The summed E-state index contributed by atoms with van der Waals surface area (Å²) in [6, 6.07) is 14.2. The Morgan fingerprint density at radius 3 is 2.21 bits per heavy atom. The van der Waals surface area contributed by atoms with E-state index in [1.807, 2.05) is 38.2 Å². The standard InChI is InChI=1S/C22H26N4O3/c1-3-16-6-4-5-7-19(16)24-20(27)17-8-10-18(11-9-17)23-21(28)22(29)26-14-12-25(2)13-15-26/h4-11H,3,12-15H2,1-2H3,(H,23,28)(H,24,27). The van der Waals surface area contributed by atoms with E-state index in [0.29, 0.717) is 24.3 Å². The topological polar surface area (TPSA) is 81.8 Å². The van der Waals surface area contributed by atoms with Gasteiger partial charge < -0.3 is 20.4 Å². The molecule has 2 N–H and O–H groups in total. The van der Waals surface area contributed by atoms with Crippen molar-refractivity contribution in [1.29, 1.82) is 0 Å². The molecule has 1 fully saturated rings. The summed E-state index contributed by atoms with van der Waals surface area (Å²) in [4.78, 5) is 40.7. The smallest absolute Gasteiger partial charge is 0.313 e. The van der Waals surface area contributed by atoms with Crippen molar-refractivity contribution in [3.05, 3.63) is 59.7 Å². The maximum atomic E-state index is 12.5. The maximum absolute atomic E-state index is 12.5. The molecule has 3 amide bonds. The van der Waals surface area contributed by atoms with Crippen molar-refractivity contribution < 1.29 is 14.4 Å². The number of amides is 3. The molecule has 7 heteroatoms. The van der Waals surface area contributed by atoms with E-state index in [-0.39, 0.29) is 5.91 Å². The number of benzene rings is 2. The number of para-hydroxylation sites is 1. The SMILES string of the molecule is CCc1ccccc1NC(=O)c1ccc(NC(=O)C(=O)N2CCN(C)CC2)cc1. The number of hydrogen-bond acceptors (Lipinski definition) is 4. The van der Waals surface area contributed by atoms with Crippen molar-refractivity contribution in [3.63, 3.8) is 0 Å². The lowest BCUT2D eigenvalue weighted by atomic mass is 10.1. The molecule has 0 bridgehead atoms. The Morgan fingerprint density at radius 2 is 1.55 bits per heavy atom. The van der Waals surface area contributed by atoms with Gasteiger partial charge in [-0.15, -0.1) is 0 Å². The van der Waals surface area contributed by atoms with Crippen LogP contribution in [-0.4, -0.2) is 60.7 Å². The van der Waals surface area contributed by atoms with Gasteiger partial charge in [-0.25, -0.2) is 0 Å². The predicted octanol–water partition coefficient (Wildman–Crippen LogP) is 2.21. The fourth-order valence-electron chi connectivity index (χ4n) is 3.19. The largest absolute Gasteiger partial charge is 0.332 e. The summed E-state index contributed by atoms with van der Waals surface area (Å²) in [5.41, 5.74) is 2.80. The second-order valence-corrected chi connectivity index (χ2v) is 7.09. The van der Waals surface area contributed by atoms with Crippen LogP contribution in [0.5, 0.6) is 0 Å². The first-order chi connectivity index (χ1) is 14.0. The third kappa shape index (κ3) is 5.20. The molecule has 1 saturated heterocycles. The highest BCUT2D eigenvalue weighted by Gasteiger charge is 2.24. The number of aryl methyl sites for hydroxylation is 1. The molecule has 3 rings (SSSR count). The summed E-state index contributed by atoms with van der Waals surface area (Å²) in [6.07, 6.45) is 0.822. The lowest BCUT2D eigenvalue weighted by molar-refractivity contribution is -0.144. The zero-order valence-electron chi connectivity index (χ0n) is 16.8. The van der Waals surface area contributed by atoms with Crippen LogP contribution < -0.4 is 10.6 Å². The van der Waals surface area contributed by atoms with Gasteiger partial charge in [-0.2, -0.15) is 0 Å². The van der Waals surface area contributed by atoms with Crippen LogP contribution in [0.15, 0.2) is 48.5 Å². The number of piperazine rings is 1. The summed E-state index contributed by atoms with van der Waals surface area (Å²) in [7, 11) is 1.99. The summed E-state index contributed by atoms with van der Waals surface area (Å²) in [5, 5.41) is 5.52. The van der Waals surface area contributed by atoms with Crippen LogP contribution in [0.1, 0.15) is 22.8 Å². The fraction of sp³-hybridized carbons (Fsp3) is 0.318.